The summed E-state index contributed by atoms with van der Waals surface area (Å²) in [6, 6.07) is 10.2. The topological polar surface area (TPSA) is 65.3 Å². The lowest BCUT2D eigenvalue weighted by Crippen LogP contribution is -2.40. The Morgan fingerprint density at radius 1 is 1.12 bits per heavy atom. The van der Waals surface area contributed by atoms with Gasteiger partial charge in [-0.1, -0.05) is 82.7 Å². The number of rotatable bonds is 10. The second-order valence-electron chi connectivity index (χ2n) is 7.68. The molecule has 0 aromatic heterocycles. The van der Waals surface area contributed by atoms with Gasteiger partial charge in [-0.2, -0.15) is 0 Å². The Morgan fingerprint density at radius 2 is 1.85 bits per heavy atom. The molecule has 1 aromatic carbocycles. The molecule has 0 radical (unpaired) electrons. The second-order valence-corrected chi connectivity index (χ2v) is 9.74. The van der Waals surface area contributed by atoms with Gasteiger partial charge in [-0.3, -0.25) is 0 Å². The maximum Gasteiger partial charge on any atom is 0.132 e. The Kier molecular flexibility index (Phi) is 10.4. The standard InChI is InChI=1S/C27H32BrN5S/c1-21(28)27(30-2)33(29)26(20-17-22-11-6-3-4-7-12-22)31-23-15-10-16-25(19-18-23)34-32-24-13-8-5-9-14-24/h3-9,11-16,18-20,22,30-32H,10,17,29H2,1-2H3/b26-20-,27-21+. The van der Waals surface area contributed by atoms with Gasteiger partial charge in [-0.25, -0.2) is 10.9 Å². The summed E-state index contributed by atoms with van der Waals surface area (Å²) in [4.78, 5) is 1.15. The molecule has 2 aliphatic rings. The van der Waals surface area contributed by atoms with Crippen molar-refractivity contribution in [3.63, 3.8) is 0 Å². The average Bonchev–Trinajstić information content (AvgIpc) is 3.24. The van der Waals surface area contributed by atoms with E-state index in [1.807, 2.05) is 44.3 Å². The molecule has 0 atom stereocenters. The van der Waals surface area contributed by atoms with Crippen LogP contribution in [0.25, 0.3) is 0 Å². The fourth-order valence-corrected chi connectivity index (χ4v) is 4.43. The molecule has 0 aliphatic heterocycles. The molecule has 178 valence electrons. The molecule has 0 saturated heterocycles. The van der Waals surface area contributed by atoms with Gasteiger partial charge in [0.2, 0.25) is 0 Å². The molecular weight excluding hydrogens is 506 g/mol. The van der Waals surface area contributed by atoms with Crippen LogP contribution in [0.3, 0.4) is 0 Å². The van der Waals surface area contributed by atoms with Crippen LogP contribution in [-0.2, 0) is 0 Å². The molecule has 0 fully saturated rings. The molecule has 7 heteroatoms. The Bertz CT molecular complexity index is 1040. The third-order valence-corrected chi connectivity index (χ3v) is 6.37. The molecule has 3 rings (SSSR count). The van der Waals surface area contributed by atoms with Crippen molar-refractivity contribution in [2.24, 2.45) is 11.8 Å². The summed E-state index contributed by atoms with van der Waals surface area (Å²) in [7, 11) is 1.86. The fourth-order valence-electron chi connectivity index (χ4n) is 3.35. The fraction of sp³-hybridized carbons (Fsp3) is 0.185. The van der Waals surface area contributed by atoms with E-state index < -0.39 is 0 Å². The smallest absolute Gasteiger partial charge is 0.132 e. The maximum absolute atomic E-state index is 6.54. The summed E-state index contributed by atoms with van der Waals surface area (Å²) in [5.74, 6) is 8.43. The summed E-state index contributed by atoms with van der Waals surface area (Å²) in [5, 5.41) is 8.35. The van der Waals surface area contributed by atoms with Crippen molar-refractivity contribution in [1.82, 2.24) is 15.6 Å². The summed E-state index contributed by atoms with van der Waals surface area (Å²) < 4.78 is 4.31. The number of halogens is 1. The lowest BCUT2D eigenvalue weighted by molar-refractivity contribution is 0.393. The van der Waals surface area contributed by atoms with Crippen molar-refractivity contribution >= 4 is 33.6 Å². The third-order valence-electron chi connectivity index (χ3n) is 5.11. The van der Waals surface area contributed by atoms with Crippen molar-refractivity contribution < 1.29 is 0 Å². The first kappa shape index (κ1) is 25.7. The zero-order chi connectivity index (χ0) is 24.2. The first-order valence-electron chi connectivity index (χ1n) is 11.2. The van der Waals surface area contributed by atoms with Crippen molar-refractivity contribution in [2.45, 2.75) is 19.8 Å². The Labute approximate surface area is 215 Å². The SMILES string of the molecule is CN/C(=C(/C)Br)N(N)/C(=C\CC1C=CC=CC=C1)NC1=CCC=C(SNc2ccccc2)C=C1. The number of hydrogen-bond donors (Lipinski definition) is 4. The molecule has 5 nitrogen and oxygen atoms in total. The largest absolute Gasteiger partial charge is 0.373 e. The van der Waals surface area contributed by atoms with E-state index in [1.165, 1.54) is 0 Å². The predicted octanol–water partition coefficient (Wildman–Crippen LogP) is 6.57. The predicted molar refractivity (Wildman–Crippen MR) is 151 cm³/mol. The molecule has 5 N–H and O–H groups in total. The van der Waals surface area contributed by atoms with Crippen LogP contribution in [0.15, 0.2) is 124 Å². The van der Waals surface area contributed by atoms with Crippen LogP contribution in [-0.4, -0.2) is 12.1 Å². The molecule has 1 aromatic rings. The van der Waals surface area contributed by atoms with Crippen LogP contribution in [0.4, 0.5) is 5.69 Å². The molecular formula is C27H32BrN5S. The highest BCUT2D eigenvalue weighted by Gasteiger charge is 2.14. The molecule has 0 unspecified atom stereocenters. The molecule has 0 saturated carbocycles. The zero-order valence-electron chi connectivity index (χ0n) is 19.5. The first-order valence-corrected chi connectivity index (χ1v) is 12.8. The van der Waals surface area contributed by atoms with E-state index in [-0.39, 0.29) is 0 Å². The summed E-state index contributed by atoms with van der Waals surface area (Å²) in [5.41, 5.74) is 2.07. The second kappa shape index (κ2) is 13.7. The maximum atomic E-state index is 6.54. The normalized spacial score (nSPS) is 16.8. The Morgan fingerprint density at radius 3 is 2.53 bits per heavy atom. The van der Waals surface area contributed by atoms with Crippen LogP contribution in [0.2, 0.25) is 0 Å². The van der Waals surface area contributed by atoms with Gasteiger partial charge in [0.15, 0.2) is 0 Å². The number of hydrogen-bond acceptors (Lipinski definition) is 6. The molecule has 0 bridgehead atoms. The minimum absolute atomic E-state index is 0.305. The van der Waals surface area contributed by atoms with Gasteiger partial charge >= 0.3 is 0 Å². The molecule has 0 spiro atoms. The van der Waals surface area contributed by atoms with E-state index in [4.69, 9.17) is 5.84 Å². The lowest BCUT2D eigenvalue weighted by atomic mass is 10.0. The minimum Gasteiger partial charge on any atom is -0.373 e. The first-order chi connectivity index (χ1) is 16.6. The van der Waals surface area contributed by atoms with Gasteiger partial charge in [0.05, 0.1) is 0 Å². The van der Waals surface area contributed by atoms with E-state index >= 15 is 0 Å². The molecule has 34 heavy (non-hydrogen) atoms. The highest BCUT2D eigenvalue weighted by molar-refractivity contribution is 9.11. The van der Waals surface area contributed by atoms with Crippen LogP contribution in [0, 0.1) is 5.92 Å². The van der Waals surface area contributed by atoms with E-state index in [0.29, 0.717) is 5.92 Å². The molecule has 0 heterocycles. The Balaban J connectivity index is 1.71. The van der Waals surface area contributed by atoms with E-state index in [9.17, 15) is 0 Å². The van der Waals surface area contributed by atoms with Crippen LogP contribution in [0.1, 0.15) is 19.8 Å². The monoisotopic (exact) mass is 537 g/mol. The van der Waals surface area contributed by atoms with Gasteiger partial charge in [0.25, 0.3) is 0 Å². The highest BCUT2D eigenvalue weighted by atomic mass is 79.9. The number of allylic oxidation sites excluding steroid dienone is 12. The van der Waals surface area contributed by atoms with Crippen LogP contribution >= 0.6 is 27.9 Å². The third kappa shape index (κ3) is 8.17. The summed E-state index contributed by atoms with van der Waals surface area (Å²) >= 11 is 5.16. The zero-order valence-corrected chi connectivity index (χ0v) is 21.9. The van der Waals surface area contributed by atoms with Gasteiger partial charge < -0.3 is 15.4 Å². The molecule has 0 amide bonds. The number of hydrazine groups is 1. The number of para-hydroxylation sites is 1. The van der Waals surface area contributed by atoms with Crippen molar-refractivity contribution in [1.29, 1.82) is 0 Å². The van der Waals surface area contributed by atoms with Crippen LogP contribution < -0.4 is 21.2 Å². The Hall–Kier alpha value is -2.87. The number of nitrogens with two attached hydrogens (primary N) is 1. The quantitative estimate of drug-likeness (QED) is 0.154. The number of nitrogens with zero attached hydrogens (tertiary/aromatic N) is 1. The highest BCUT2D eigenvalue weighted by Crippen LogP contribution is 2.24. The average molecular weight is 539 g/mol. The van der Waals surface area contributed by atoms with Crippen molar-refractivity contribution in [3.8, 4) is 0 Å². The minimum atomic E-state index is 0.305. The molecule has 2 aliphatic carbocycles. The van der Waals surface area contributed by atoms with E-state index in [1.54, 1.807) is 17.0 Å². The van der Waals surface area contributed by atoms with Gasteiger partial charge in [-0.15, -0.1) is 0 Å². The number of benzene rings is 1. The summed E-state index contributed by atoms with van der Waals surface area (Å²) in [6.45, 7) is 1.96. The van der Waals surface area contributed by atoms with Crippen molar-refractivity contribution in [3.05, 3.63) is 124 Å². The lowest BCUT2D eigenvalue weighted by Gasteiger charge is -2.27. The summed E-state index contributed by atoms with van der Waals surface area (Å²) in [6.07, 6.45) is 25.0. The van der Waals surface area contributed by atoms with E-state index in [2.05, 4.69) is 98.1 Å². The van der Waals surface area contributed by atoms with Crippen molar-refractivity contribution in [2.75, 3.05) is 11.8 Å². The van der Waals surface area contributed by atoms with Gasteiger partial charge in [0, 0.05) is 27.8 Å². The van der Waals surface area contributed by atoms with E-state index in [0.717, 1.165) is 45.3 Å². The number of anilines is 1. The number of nitrogens with one attached hydrogen (secondary N) is 3. The van der Waals surface area contributed by atoms with Gasteiger partial charge in [-0.05, 0) is 68.0 Å². The van der Waals surface area contributed by atoms with Crippen LogP contribution in [0.5, 0.6) is 0 Å². The van der Waals surface area contributed by atoms with Gasteiger partial charge in [0.1, 0.15) is 11.6 Å².